The van der Waals surface area contributed by atoms with Gasteiger partial charge < -0.3 is 9.64 Å². The van der Waals surface area contributed by atoms with Crippen LogP contribution in [0.3, 0.4) is 0 Å². The van der Waals surface area contributed by atoms with Crippen molar-refractivity contribution in [2.75, 3.05) is 24.6 Å². The average Bonchev–Trinajstić information content (AvgIpc) is 2.82. The molecule has 0 atom stereocenters. The summed E-state index contributed by atoms with van der Waals surface area (Å²) in [6, 6.07) is 14.8. The van der Waals surface area contributed by atoms with Crippen LogP contribution in [0.15, 0.2) is 48.3 Å². The lowest BCUT2D eigenvalue weighted by Crippen LogP contribution is -2.28. The Morgan fingerprint density at radius 3 is 2.42 bits per heavy atom. The van der Waals surface area contributed by atoms with Crippen molar-refractivity contribution >= 4 is 11.8 Å². The van der Waals surface area contributed by atoms with Crippen LogP contribution in [0.25, 0.3) is 15.8 Å². The second-order valence-corrected chi connectivity index (χ2v) is 8.10. The van der Waals surface area contributed by atoms with Gasteiger partial charge in [0.1, 0.15) is 25.5 Å². The zero-order valence-electron chi connectivity index (χ0n) is 18.6. The van der Waals surface area contributed by atoms with Crippen LogP contribution in [0.2, 0.25) is 0 Å². The number of likely N-dealkylation sites (N-methyl/N-ethyl adjacent to an activating group) is 1. The molecule has 0 bridgehead atoms. The highest BCUT2D eigenvalue weighted by Crippen LogP contribution is 2.33. The van der Waals surface area contributed by atoms with Gasteiger partial charge in [-0.25, -0.2) is 0 Å². The second kappa shape index (κ2) is 11.2. The molecule has 31 heavy (non-hydrogen) atoms. The van der Waals surface area contributed by atoms with Crippen LogP contribution < -0.4 is 9.64 Å². The van der Waals surface area contributed by atoms with Crippen LogP contribution in [-0.4, -0.2) is 19.7 Å². The van der Waals surface area contributed by atoms with E-state index in [1.54, 1.807) is 6.08 Å². The summed E-state index contributed by atoms with van der Waals surface area (Å²) in [6.45, 7) is 20.6. The predicted molar refractivity (Wildman–Crippen MR) is 130 cm³/mol. The zero-order chi connectivity index (χ0) is 22.1. The van der Waals surface area contributed by atoms with Gasteiger partial charge in [-0.05, 0) is 73.6 Å². The van der Waals surface area contributed by atoms with Crippen LogP contribution in [0.4, 0.5) is 5.69 Å². The molecule has 4 nitrogen and oxygen atoms in total. The molecule has 0 spiro atoms. The second-order valence-electron chi connectivity index (χ2n) is 8.10. The molecule has 0 aliphatic heterocycles. The SMILES string of the molecule is [C-]#[N+]C(=Cc1ccc(N(CC)CCOc2ccc(C3CCCCC3)cc2)cc1C)[N+]#[C-].[HH]. The van der Waals surface area contributed by atoms with Gasteiger partial charge in [0.15, 0.2) is 0 Å². The highest BCUT2D eigenvalue weighted by atomic mass is 16.5. The minimum absolute atomic E-state index is 0. The van der Waals surface area contributed by atoms with E-state index >= 15 is 0 Å². The molecule has 0 aromatic heterocycles. The molecule has 3 rings (SSSR count). The third kappa shape index (κ3) is 6.12. The van der Waals surface area contributed by atoms with E-state index in [-0.39, 0.29) is 7.25 Å². The Bertz CT molecular complexity index is 963. The minimum Gasteiger partial charge on any atom is -0.492 e. The first-order chi connectivity index (χ1) is 15.1. The van der Waals surface area contributed by atoms with Gasteiger partial charge in [-0.3, -0.25) is 0 Å². The van der Waals surface area contributed by atoms with E-state index in [1.165, 1.54) is 37.7 Å². The number of benzene rings is 2. The van der Waals surface area contributed by atoms with Crippen LogP contribution >= 0.6 is 0 Å². The molecule has 0 heterocycles. The van der Waals surface area contributed by atoms with Crippen LogP contribution in [-0.2, 0) is 0 Å². The maximum absolute atomic E-state index is 7.05. The van der Waals surface area contributed by atoms with Gasteiger partial charge in [0.05, 0.1) is 6.54 Å². The van der Waals surface area contributed by atoms with Crippen molar-refractivity contribution in [2.24, 2.45) is 0 Å². The largest absolute Gasteiger partial charge is 0.519 e. The van der Waals surface area contributed by atoms with Crippen molar-refractivity contribution in [3.8, 4) is 5.75 Å². The Labute approximate surface area is 188 Å². The zero-order valence-corrected chi connectivity index (χ0v) is 18.6. The van der Waals surface area contributed by atoms with Crippen LogP contribution in [0.5, 0.6) is 5.75 Å². The Hall–Kier alpha value is -3.24. The molecular formula is C27H33N3O. The van der Waals surface area contributed by atoms with Crippen molar-refractivity contribution in [2.45, 2.75) is 51.9 Å². The summed E-state index contributed by atoms with van der Waals surface area (Å²) < 4.78 is 6.02. The third-order valence-corrected chi connectivity index (χ3v) is 6.10. The Kier molecular flexibility index (Phi) is 8.13. The van der Waals surface area contributed by atoms with Gasteiger partial charge in [-0.2, -0.15) is 9.69 Å². The molecule has 2 aromatic carbocycles. The first-order valence-corrected chi connectivity index (χ1v) is 11.2. The lowest BCUT2D eigenvalue weighted by molar-refractivity contribution is 0.324. The van der Waals surface area contributed by atoms with E-state index in [2.05, 4.69) is 51.8 Å². The molecule has 0 saturated heterocycles. The van der Waals surface area contributed by atoms with Gasteiger partial charge in [-0.1, -0.05) is 37.5 Å². The van der Waals surface area contributed by atoms with Gasteiger partial charge in [-0.15, -0.1) is 0 Å². The molecule has 0 unspecified atom stereocenters. The summed E-state index contributed by atoms with van der Waals surface area (Å²) in [5.41, 5.74) is 4.54. The first kappa shape index (κ1) is 22.4. The molecule has 1 fully saturated rings. The number of rotatable bonds is 8. The van der Waals surface area contributed by atoms with Crippen molar-refractivity contribution in [1.82, 2.24) is 0 Å². The number of hydrogen-bond acceptors (Lipinski definition) is 2. The van der Waals surface area contributed by atoms with Crippen molar-refractivity contribution in [3.05, 3.63) is 87.8 Å². The Morgan fingerprint density at radius 1 is 1.10 bits per heavy atom. The van der Waals surface area contributed by atoms with E-state index in [4.69, 9.17) is 17.9 Å². The number of nitrogens with zero attached hydrogens (tertiary/aromatic N) is 3. The first-order valence-electron chi connectivity index (χ1n) is 11.2. The Balaban J connectivity index is 0.00000363. The monoisotopic (exact) mass is 415 g/mol. The highest BCUT2D eigenvalue weighted by molar-refractivity contribution is 5.63. The average molecular weight is 416 g/mol. The van der Waals surface area contributed by atoms with Gasteiger partial charge in [0.2, 0.25) is 0 Å². The van der Waals surface area contributed by atoms with E-state index in [0.717, 1.165) is 41.6 Å². The summed E-state index contributed by atoms with van der Waals surface area (Å²) in [5, 5.41) is 0. The Morgan fingerprint density at radius 2 is 1.81 bits per heavy atom. The summed E-state index contributed by atoms with van der Waals surface area (Å²) in [7, 11) is 0. The fourth-order valence-corrected chi connectivity index (χ4v) is 4.26. The maximum Gasteiger partial charge on any atom is 0.519 e. The smallest absolute Gasteiger partial charge is 0.492 e. The van der Waals surface area contributed by atoms with Gasteiger partial charge >= 0.3 is 5.82 Å². The van der Waals surface area contributed by atoms with E-state index in [0.29, 0.717) is 6.61 Å². The van der Waals surface area contributed by atoms with Crippen molar-refractivity contribution in [1.29, 1.82) is 0 Å². The normalized spacial score (nSPS) is 13.7. The lowest BCUT2D eigenvalue weighted by atomic mass is 9.84. The molecular weight excluding hydrogens is 382 g/mol. The number of hydrogen-bond donors (Lipinski definition) is 0. The topological polar surface area (TPSA) is 21.2 Å². The molecule has 0 N–H and O–H groups in total. The lowest BCUT2D eigenvalue weighted by Gasteiger charge is -2.24. The van der Waals surface area contributed by atoms with Crippen molar-refractivity contribution in [3.63, 3.8) is 0 Å². The maximum atomic E-state index is 7.05. The summed E-state index contributed by atoms with van der Waals surface area (Å²) in [6.07, 6.45) is 8.37. The van der Waals surface area contributed by atoms with Crippen LogP contribution in [0.1, 0.15) is 63.1 Å². The quantitative estimate of drug-likeness (QED) is 0.421. The minimum atomic E-state index is 0. The van der Waals surface area contributed by atoms with Crippen molar-refractivity contribution < 1.29 is 6.16 Å². The third-order valence-electron chi connectivity index (χ3n) is 6.10. The van der Waals surface area contributed by atoms with E-state index in [1.807, 2.05) is 19.1 Å². The number of anilines is 1. The van der Waals surface area contributed by atoms with E-state index < -0.39 is 0 Å². The molecule has 0 radical (unpaired) electrons. The van der Waals surface area contributed by atoms with Gasteiger partial charge in [0.25, 0.3) is 0 Å². The molecule has 2 aromatic rings. The predicted octanol–water partition coefficient (Wildman–Crippen LogP) is 7.33. The number of ether oxygens (including phenoxy) is 1. The molecule has 1 aliphatic carbocycles. The molecule has 0 amide bonds. The summed E-state index contributed by atoms with van der Waals surface area (Å²) in [4.78, 5) is 8.77. The molecule has 162 valence electrons. The van der Waals surface area contributed by atoms with Gasteiger partial charge in [0, 0.05) is 19.7 Å². The number of aryl methyl sites for hydroxylation is 1. The standard InChI is InChI=1S/C27H31N3O.H2/c1-5-30(25-14-11-24(21(2)19-25)20-27(28-3)29-4)17-18-31-26-15-12-23(13-16-26)22-9-7-6-8-10-22;/h11-16,19-20,22H,5-10,17-18H2,1-2H3;1H. The summed E-state index contributed by atoms with van der Waals surface area (Å²) >= 11 is 0. The summed E-state index contributed by atoms with van der Waals surface area (Å²) in [5.74, 6) is 1.74. The highest BCUT2D eigenvalue weighted by Gasteiger charge is 2.15. The van der Waals surface area contributed by atoms with Crippen LogP contribution in [0, 0.1) is 20.1 Å². The fourth-order valence-electron chi connectivity index (χ4n) is 4.26. The fraction of sp³-hybridized carbons (Fsp3) is 0.407. The molecule has 1 saturated carbocycles. The molecule has 4 heteroatoms. The molecule has 1 aliphatic rings. The van der Waals surface area contributed by atoms with E-state index in [9.17, 15) is 0 Å².